The maximum absolute atomic E-state index is 5.24. The Morgan fingerprint density at radius 1 is 1.50 bits per heavy atom. The first-order valence-corrected chi connectivity index (χ1v) is 6.59. The van der Waals surface area contributed by atoms with E-state index in [0.29, 0.717) is 5.95 Å². The van der Waals surface area contributed by atoms with E-state index in [2.05, 4.69) is 41.5 Å². The minimum atomic E-state index is 0.368. The highest BCUT2D eigenvalue weighted by molar-refractivity contribution is 9.10. The van der Waals surface area contributed by atoms with E-state index < -0.39 is 0 Å². The Balaban J connectivity index is 2.26. The zero-order valence-corrected chi connectivity index (χ0v) is 11.4. The second-order valence-corrected chi connectivity index (χ2v) is 5.95. The summed E-state index contributed by atoms with van der Waals surface area (Å²) < 4.78 is 1.63. The molecule has 0 aliphatic carbocycles. The zero-order chi connectivity index (χ0) is 11.5. The van der Waals surface area contributed by atoms with Gasteiger partial charge >= 0.3 is 0 Å². The lowest BCUT2D eigenvalue weighted by molar-refractivity contribution is 0.972. The van der Waals surface area contributed by atoms with E-state index in [-0.39, 0.29) is 0 Å². The number of nitrogens with one attached hydrogen (secondary N) is 1. The van der Waals surface area contributed by atoms with Gasteiger partial charge in [-0.1, -0.05) is 11.3 Å². The fraction of sp³-hybridized carbons (Fsp3) is 0.143. The first-order chi connectivity index (χ1) is 7.69. The lowest BCUT2D eigenvalue weighted by Gasteiger charge is -2.02. The lowest BCUT2D eigenvalue weighted by atomic mass is 10.7. The van der Waals surface area contributed by atoms with Crippen LogP contribution in [0.4, 0.5) is 5.95 Å². The van der Waals surface area contributed by atoms with Gasteiger partial charge in [0.2, 0.25) is 5.95 Å². The molecule has 0 fully saturated rings. The maximum Gasteiger partial charge on any atom is 0.238 e. The van der Waals surface area contributed by atoms with Crippen molar-refractivity contribution in [2.24, 2.45) is 5.84 Å². The summed E-state index contributed by atoms with van der Waals surface area (Å²) in [4.78, 5) is 8.17. The molecule has 2 aromatic heterocycles. The summed E-state index contributed by atoms with van der Waals surface area (Å²) in [5, 5.41) is 9.61. The molecule has 6 nitrogen and oxygen atoms in total. The normalized spacial score (nSPS) is 10.4. The van der Waals surface area contributed by atoms with Crippen LogP contribution in [-0.4, -0.2) is 20.2 Å². The van der Waals surface area contributed by atoms with E-state index in [1.165, 1.54) is 23.1 Å². The van der Waals surface area contributed by atoms with Crippen molar-refractivity contribution in [3.63, 3.8) is 0 Å². The Labute approximate surface area is 108 Å². The molecule has 0 radical (unpaired) electrons. The summed E-state index contributed by atoms with van der Waals surface area (Å²) in [6.07, 6.45) is 1.64. The van der Waals surface area contributed by atoms with Crippen molar-refractivity contribution in [2.45, 2.75) is 16.3 Å². The largest absolute Gasteiger partial charge is 0.292 e. The van der Waals surface area contributed by atoms with Gasteiger partial charge in [0.15, 0.2) is 4.34 Å². The molecule has 2 rings (SSSR count). The van der Waals surface area contributed by atoms with E-state index >= 15 is 0 Å². The number of hydrazine groups is 1. The highest BCUT2D eigenvalue weighted by Gasteiger charge is 2.09. The molecule has 0 amide bonds. The third kappa shape index (κ3) is 2.67. The lowest BCUT2D eigenvalue weighted by Crippen LogP contribution is -2.10. The van der Waals surface area contributed by atoms with E-state index in [0.717, 1.165) is 18.8 Å². The summed E-state index contributed by atoms with van der Waals surface area (Å²) in [5.41, 5.74) is 2.40. The number of hydrogen-bond donors (Lipinski definition) is 2. The summed E-state index contributed by atoms with van der Waals surface area (Å²) >= 11 is 6.29. The predicted octanol–water partition coefficient (Wildman–Crippen LogP) is 1.84. The monoisotopic (exact) mass is 318 g/mol. The summed E-state index contributed by atoms with van der Waals surface area (Å²) in [5.74, 6) is 5.61. The maximum atomic E-state index is 5.24. The van der Waals surface area contributed by atoms with Crippen molar-refractivity contribution >= 4 is 45.0 Å². The zero-order valence-electron chi connectivity index (χ0n) is 8.14. The molecule has 16 heavy (non-hydrogen) atoms. The van der Waals surface area contributed by atoms with Gasteiger partial charge in [-0.3, -0.25) is 5.43 Å². The number of nitrogens with zero attached hydrogens (tertiary/aromatic N) is 4. The van der Waals surface area contributed by atoms with Crippen LogP contribution in [0.15, 0.2) is 20.0 Å². The van der Waals surface area contributed by atoms with Crippen molar-refractivity contribution in [2.75, 3.05) is 5.43 Å². The van der Waals surface area contributed by atoms with Crippen molar-refractivity contribution in [1.82, 2.24) is 20.2 Å². The van der Waals surface area contributed by atoms with Crippen LogP contribution in [0.2, 0.25) is 0 Å². The molecule has 0 spiro atoms. The van der Waals surface area contributed by atoms with E-state index in [9.17, 15) is 0 Å². The number of halogens is 1. The fourth-order valence-corrected chi connectivity index (χ4v) is 3.04. The number of aromatic nitrogens is 4. The third-order valence-corrected chi connectivity index (χ3v) is 4.27. The minimum absolute atomic E-state index is 0.368. The van der Waals surface area contributed by atoms with Gasteiger partial charge in [0, 0.05) is 6.20 Å². The molecular weight excluding hydrogens is 312 g/mol. The van der Waals surface area contributed by atoms with E-state index in [4.69, 9.17) is 5.84 Å². The molecule has 3 N–H and O–H groups in total. The van der Waals surface area contributed by atoms with Gasteiger partial charge in [-0.2, -0.15) is 0 Å². The van der Waals surface area contributed by atoms with Gasteiger partial charge in [0.05, 0.1) is 4.47 Å². The molecule has 0 aromatic carbocycles. The van der Waals surface area contributed by atoms with Crippen molar-refractivity contribution in [3.05, 3.63) is 15.7 Å². The molecular formula is C7H7BrN6S2. The SMILES string of the molecule is Cc1nnc(Sc2nc(NN)ncc2Br)s1. The average molecular weight is 319 g/mol. The van der Waals surface area contributed by atoms with Gasteiger partial charge < -0.3 is 0 Å². The number of nitrogens with two attached hydrogens (primary N) is 1. The third-order valence-electron chi connectivity index (χ3n) is 1.53. The van der Waals surface area contributed by atoms with Gasteiger partial charge in [0.25, 0.3) is 0 Å². The Kier molecular flexibility index (Phi) is 3.69. The van der Waals surface area contributed by atoms with Crippen LogP contribution in [0.25, 0.3) is 0 Å². The van der Waals surface area contributed by atoms with Gasteiger partial charge in [-0.25, -0.2) is 15.8 Å². The molecule has 0 atom stereocenters. The first-order valence-electron chi connectivity index (χ1n) is 4.16. The predicted molar refractivity (Wildman–Crippen MR) is 66.3 cm³/mol. The van der Waals surface area contributed by atoms with Crippen molar-refractivity contribution in [3.8, 4) is 0 Å². The molecule has 0 saturated heterocycles. The van der Waals surface area contributed by atoms with Crippen LogP contribution < -0.4 is 11.3 Å². The van der Waals surface area contributed by atoms with Crippen molar-refractivity contribution in [1.29, 1.82) is 0 Å². The number of rotatable bonds is 3. The summed E-state index contributed by atoms with van der Waals surface area (Å²) in [6.45, 7) is 1.91. The van der Waals surface area contributed by atoms with Gasteiger partial charge in [-0.05, 0) is 34.6 Å². The molecule has 2 heterocycles. The van der Waals surface area contributed by atoms with E-state index in [1.54, 1.807) is 6.20 Å². The fourth-order valence-electron chi connectivity index (χ4n) is 0.895. The molecule has 2 aromatic rings. The molecule has 0 aliphatic heterocycles. The summed E-state index contributed by atoms with van der Waals surface area (Å²) in [7, 11) is 0. The quantitative estimate of drug-likeness (QED) is 0.507. The van der Waals surface area contributed by atoms with Crippen LogP contribution in [0.1, 0.15) is 5.01 Å². The molecule has 9 heteroatoms. The smallest absolute Gasteiger partial charge is 0.238 e. The van der Waals surface area contributed by atoms with Crippen LogP contribution >= 0.6 is 39.0 Å². The number of anilines is 1. The van der Waals surface area contributed by atoms with Crippen LogP contribution in [0.3, 0.4) is 0 Å². The van der Waals surface area contributed by atoms with Gasteiger partial charge in [-0.15, -0.1) is 10.2 Å². The summed E-state index contributed by atoms with van der Waals surface area (Å²) in [6, 6.07) is 0. The molecule has 84 valence electrons. The Hall–Kier alpha value is -0.770. The second-order valence-electron chi connectivity index (χ2n) is 2.68. The number of aryl methyl sites for hydroxylation is 1. The molecule has 0 aliphatic rings. The molecule has 0 bridgehead atoms. The Bertz CT molecular complexity index is 501. The van der Waals surface area contributed by atoms with Crippen LogP contribution in [0, 0.1) is 6.92 Å². The number of hydrogen-bond acceptors (Lipinski definition) is 8. The van der Waals surface area contributed by atoms with Crippen molar-refractivity contribution < 1.29 is 0 Å². The number of nitrogen functional groups attached to an aromatic ring is 1. The Morgan fingerprint density at radius 3 is 2.94 bits per heavy atom. The van der Waals surface area contributed by atoms with E-state index in [1.807, 2.05) is 6.92 Å². The first kappa shape index (κ1) is 11.7. The molecule has 0 saturated carbocycles. The highest BCUT2D eigenvalue weighted by atomic mass is 79.9. The topological polar surface area (TPSA) is 89.6 Å². The Morgan fingerprint density at radius 2 is 2.31 bits per heavy atom. The van der Waals surface area contributed by atoms with Crippen LogP contribution in [0.5, 0.6) is 0 Å². The molecule has 0 unspecified atom stereocenters. The van der Waals surface area contributed by atoms with Gasteiger partial charge in [0.1, 0.15) is 10.0 Å². The minimum Gasteiger partial charge on any atom is -0.292 e. The second kappa shape index (κ2) is 5.04. The highest BCUT2D eigenvalue weighted by Crippen LogP contribution is 2.33. The van der Waals surface area contributed by atoms with Crippen LogP contribution in [-0.2, 0) is 0 Å². The standard InChI is InChI=1S/C7H7BrN6S2/c1-3-13-14-7(15-3)16-5-4(8)2-10-6(11-5)12-9/h2H,9H2,1H3,(H,10,11,12). The average Bonchev–Trinajstić information content (AvgIpc) is 2.67.